The van der Waals surface area contributed by atoms with Crippen molar-refractivity contribution in [1.29, 1.82) is 0 Å². The Labute approximate surface area is 192 Å². The molecule has 0 saturated heterocycles. The molecule has 0 saturated carbocycles. The summed E-state index contributed by atoms with van der Waals surface area (Å²) >= 11 is 0. The number of nitrogens with zero attached hydrogens (tertiary/aromatic N) is 1. The lowest BCUT2D eigenvalue weighted by Gasteiger charge is -2.14. The Hall–Kier alpha value is -4.58. The molecule has 4 aromatic rings. The number of hydrogen-bond acceptors (Lipinski definition) is 5. The highest BCUT2D eigenvalue weighted by atomic mass is 16.5. The van der Waals surface area contributed by atoms with Gasteiger partial charge < -0.3 is 20.5 Å². The normalized spacial score (nSPS) is 10.3. The molecule has 3 N–H and O–H groups in total. The Morgan fingerprint density at radius 3 is 2.52 bits per heavy atom. The van der Waals surface area contributed by atoms with Crippen LogP contribution in [-0.4, -0.2) is 10.9 Å². The van der Waals surface area contributed by atoms with Gasteiger partial charge in [-0.1, -0.05) is 55.1 Å². The third-order valence-corrected chi connectivity index (χ3v) is 4.85. The van der Waals surface area contributed by atoms with Crippen molar-refractivity contribution in [3.05, 3.63) is 109 Å². The zero-order valence-electron chi connectivity index (χ0n) is 17.9. The van der Waals surface area contributed by atoms with E-state index in [2.05, 4.69) is 16.9 Å². The number of carbonyl (C=O) groups is 1. The maximum atomic E-state index is 11.6. The first kappa shape index (κ1) is 21.6. The molecule has 0 fully saturated rings. The molecule has 1 aromatic heterocycles. The van der Waals surface area contributed by atoms with Gasteiger partial charge in [-0.25, -0.2) is 4.98 Å². The molecule has 0 aliphatic carbocycles. The maximum Gasteiger partial charge on any atom is 0.247 e. The van der Waals surface area contributed by atoms with Crippen LogP contribution >= 0.6 is 0 Å². The first-order chi connectivity index (χ1) is 16.1. The van der Waals surface area contributed by atoms with Crippen molar-refractivity contribution >= 4 is 17.4 Å². The second-order valence-electron chi connectivity index (χ2n) is 7.19. The van der Waals surface area contributed by atoms with Crippen molar-refractivity contribution in [3.63, 3.8) is 0 Å². The Bertz CT molecular complexity index is 1260. The largest absolute Gasteiger partial charge is 0.489 e. The van der Waals surface area contributed by atoms with Crippen molar-refractivity contribution in [2.45, 2.75) is 6.61 Å². The number of rotatable bonds is 8. The Kier molecular flexibility index (Phi) is 6.66. The van der Waals surface area contributed by atoms with E-state index >= 15 is 0 Å². The van der Waals surface area contributed by atoms with E-state index < -0.39 is 0 Å². The fourth-order valence-corrected chi connectivity index (χ4v) is 3.25. The van der Waals surface area contributed by atoms with Crippen molar-refractivity contribution in [2.24, 2.45) is 0 Å². The van der Waals surface area contributed by atoms with Crippen LogP contribution in [0, 0.1) is 0 Å². The van der Waals surface area contributed by atoms with E-state index in [9.17, 15) is 4.79 Å². The van der Waals surface area contributed by atoms with E-state index in [1.54, 1.807) is 36.5 Å². The van der Waals surface area contributed by atoms with Crippen LogP contribution in [0.4, 0.5) is 11.5 Å². The smallest absolute Gasteiger partial charge is 0.247 e. The highest BCUT2D eigenvalue weighted by molar-refractivity contribution is 5.99. The molecule has 0 aliphatic rings. The van der Waals surface area contributed by atoms with Crippen LogP contribution < -0.4 is 20.5 Å². The lowest BCUT2D eigenvalue weighted by molar-refractivity contribution is -0.111. The van der Waals surface area contributed by atoms with Crippen LogP contribution in [0.3, 0.4) is 0 Å². The molecule has 33 heavy (non-hydrogen) atoms. The predicted molar refractivity (Wildman–Crippen MR) is 130 cm³/mol. The number of pyridine rings is 1. The molecule has 4 rings (SSSR count). The molecule has 3 aromatic carbocycles. The van der Waals surface area contributed by atoms with Crippen molar-refractivity contribution in [1.82, 2.24) is 4.98 Å². The van der Waals surface area contributed by atoms with Gasteiger partial charge in [0.1, 0.15) is 29.7 Å². The molecule has 6 nitrogen and oxygen atoms in total. The monoisotopic (exact) mass is 437 g/mol. The number of benzene rings is 3. The number of carbonyl (C=O) groups excluding carboxylic acids is 1. The number of aromatic nitrogens is 1. The summed E-state index contributed by atoms with van der Waals surface area (Å²) in [6, 6.07) is 26.4. The zero-order valence-corrected chi connectivity index (χ0v) is 17.9. The lowest BCUT2D eigenvalue weighted by Crippen LogP contribution is -2.07. The number of nitrogens with two attached hydrogens (primary N) is 1. The summed E-state index contributed by atoms with van der Waals surface area (Å²) in [6.45, 7) is 3.95. The van der Waals surface area contributed by atoms with Gasteiger partial charge in [-0.3, -0.25) is 4.79 Å². The average molecular weight is 437 g/mol. The van der Waals surface area contributed by atoms with Gasteiger partial charge in [0.05, 0.1) is 5.56 Å². The predicted octanol–water partition coefficient (Wildman–Crippen LogP) is 5.83. The second kappa shape index (κ2) is 10.2. The van der Waals surface area contributed by atoms with Gasteiger partial charge in [-0.15, -0.1) is 0 Å². The topological polar surface area (TPSA) is 86.5 Å². The molecular weight excluding hydrogens is 414 g/mol. The fraction of sp³-hybridized carbons (Fsp3) is 0.0370. The molecule has 0 bridgehead atoms. The summed E-state index contributed by atoms with van der Waals surface area (Å²) in [7, 11) is 0. The molecule has 0 atom stereocenters. The first-order valence-electron chi connectivity index (χ1n) is 10.4. The Morgan fingerprint density at radius 2 is 1.76 bits per heavy atom. The van der Waals surface area contributed by atoms with Crippen molar-refractivity contribution in [2.75, 3.05) is 11.1 Å². The Balaban J connectivity index is 1.54. The highest BCUT2D eigenvalue weighted by Crippen LogP contribution is 2.37. The zero-order chi connectivity index (χ0) is 23.0. The highest BCUT2D eigenvalue weighted by Gasteiger charge is 2.13. The van der Waals surface area contributed by atoms with E-state index in [1.165, 1.54) is 6.08 Å². The number of nitrogens with one attached hydrogen (secondary N) is 1. The molecule has 164 valence electrons. The van der Waals surface area contributed by atoms with Gasteiger partial charge in [0, 0.05) is 18.0 Å². The minimum Gasteiger partial charge on any atom is -0.489 e. The third kappa shape index (κ3) is 5.57. The fourth-order valence-electron chi connectivity index (χ4n) is 3.25. The molecule has 0 aliphatic heterocycles. The Morgan fingerprint density at radius 1 is 0.970 bits per heavy atom. The van der Waals surface area contributed by atoms with Gasteiger partial charge in [-0.2, -0.15) is 0 Å². The van der Waals surface area contributed by atoms with Crippen LogP contribution in [-0.2, 0) is 11.4 Å². The molecule has 1 amide bonds. The van der Waals surface area contributed by atoms with E-state index in [-0.39, 0.29) is 5.91 Å². The van der Waals surface area contributed by atoms with Crippen molar-refractivity contribution in [3.8, 4) is 28.4 Å². The quantitative estimate of drug-likeness (QED) is 0.339. The summed E-state index contributed by atoms with van der Waals surface area (Å²) in [6.07, 6.45) is 2.80. The standard InChI is InChI=1S/C27H23N3O3/c1-2-25(31)30-21-9-6-10-23(17-21)33-24-15-16-29-27(28)26(24)20-11-13-22(14-12-20)32-18-19-7-4-3-5-8-19/h2-17H,1,18H2,(H2,28,29)(H,30,31). The SMILES string of the molecule is C=CC(=O)Nc1cccc(Oc2ccnc(N)c2-c2ccc(OCc3ccccc3)cc2)c1. The van der Waals surface area contributed by atoms with E-state index in [1.807, 2.05) is 54.6 Å². The van der Waals surface area contributed by atoms with Crippen molar-refractivity contribution < 1.29 is 14.3 Å². The minimum atomic E-state index is -0.296. The molecular formula is C27H23N3O3. The van der Waals surface area contributed by atoms with E-state index in [4.69, 9.17) is 15.2 Å². The molecule has 0 spiro atoms. The third-order valence-electron chi connectivity index (χ3n) is 4.85. The summed E-state index contributed by atoms with van der Waals surface area (Å²) in [5.41, 5.74) is 9.42. The van der Waals surface area contributed by atoms with E-state index in [0.29, 0.717) is 35.2 Å². The van der Waals surface area contributed by atoms with Crippen LogP contribution in [0.1, 0.15) is 5.56 Å². The second-order valence-corrected chi connectivity index (χ2v) is 7.19. The van der Waals surface area contributed by atoms with Gasteiger partial charge in [0.25, 0.3) is 0 Å². The number of ether oxygens (including phenoxy) is 2. The van der Waals surface area contributed by atoms with Crippen LogP contribution in [0.5, 0.6) is 17.2 Å². The van der Waals surface area contributed by atoms with Crippen LogP contribution in [0.2, 0.25) is 0 Å². The van der Waals surface area contributed by atoms with E-state index in [0.717, 1.165) is 16.9 Å². The van der Waals surface area contributed by atoms with Gasteiger partial charge in [0.2, 0.25) is 5.91 Å². The summed E-state index contributed by atoms with van der Waals surface area (Å²) < 4.78 is 12.0. The van der Waals surface area contributed by atoms with Gasteiger partial charge in [0.15, 0.2) is 0 Å². The summed E-state index contributed by atoms with van der Waals surface area (Å²) in [5, 5.41) is 2.72. The number of anilines is 2. The summed E-state index contributed by atoms with van der Waals surface area (Å²) in [5.74, 6) is 1.90. The minimum absolute atomic E-state index is 0.296. The molecule has 6 heteroatoms. The maximum absolute atomic E-state index is 11.6. The number of amides is 1. The lowest BCUT2D eigenvalue weighted by atomic mass is 10.1. The number of hydrogen-bond donors (Lipinski definition) is 2. The van der Waals surface area contributed by atoms with Crippen LogP contribution in [0.15, 0.2) is 104 Å². The first-order valence-corrected chi connectivity index (χ1v) is 10.4. The molecule has 0 unspecified atom stereocenters. The molecule has 1 heterocycles. The summed E-state index contributed by atoms with van der Waals surface area (Å²) in [4.78, 5) is 15.8. The average Bonchev–Trinajstić information content (AvgIpc) is 2.84. The molecule has 0 radical (unpaired) electrons. The van der Waals surface area contributed by atoms with Gasteiger partial charge >= 0.3 is 0 Å². The number of nitrogen functional groups attached to an aromatic ring is 1. The van der Waals surface area contributed by atoms with Gasteiger partial charge in [-0.05, 0) is 47.5 Å². The van der Waals surface area contributed by atoms with Crippen LogP contribution in [0.25, 0.3) is 11.1 Å².